The lowest BCUT2D eigenvalue weighted by atomic mass is 10.1. The number of para-hydroxylation sites is 2. The molecule has 0 spiro atoms. The molecule has 1 amide bonds. The molecule has 2 aromatic carbocycles. The SMILES string of the molecule is Cn1cc(CC(=O)NC[C@@H]2CCCN2c2ccccc2)c2ccccc21. The van der Waals surface area contributed by atoms with E-state index in [1.54, 1.807) is 0 Å². The Hall–Kier alpha value is -2.75. The molecule has 1 fully saturated rings. The molecule has 4 rings (SSSR count). The molecule has 0 bridgehead atoms. The highest BCUT2D eigenvalue weighted by Gasteiger charge is 2.25. The first-order valence-electron chi connectivity index (χ1n) is 9.34. The first-order valence-corrected chi connectivity index (χ1v) is 9.34. The van der Waals surface area contributed by atoms with Crippen LogP contribution < -0.4 is 10.2 Å². The Kier molecular flexibility index (Phi) is 4.65. The van der Waals surface area contributed by atoms with Gasteiger partial charge in [0.05, 0.1) is 6.42 Å². The Balaban J connectivity index is 1.39. The molecule has 0 aliphatic carbocycles. The molecule has 1 aromatic heterocycles. The second kappa shape index (κ2) is 7.24. The van der Waals surface area contributed by atoms with Gasteiger partial charge in [-0.15, -0.1) is 0 Å². The lowest BCUT2D eigenvalue weighted by molar-refractivity contribution is -0.120. The number of anilines is 1. The van der Waals surface area contributed by atoms with Crippen LogP contribution in [-0.4, -0.2) is 29.6 Å². The molecule has 26 heavy (non-hydrogen) atoms. The average Bonchev–Trinajstić information content (AvgIpc) is 3.26. The minimum absolute atomic E-state index is 0.0984. The van der Waals surface area contributed by atoms with Crippen LogP contribution >= 0.6 is 0 Å². The van der Waals surface area contributed by atoms with E-state index in [2.05, 4.69) is 57.4 Å². The summed E-state index contributed by atoms with van der Waals surface area (Å²) in [6.45, 7) is 1.77. The van der Waals surface area contributed by atoms with E-state index in [1.165, 1.54) is 17.6 Å². The summed E-state index contributed by atoms with van der Waals surface area (Å²) < 4.78 is 2.09. The zero-order valence-electron chi connectivity index (χ0n) is 15.2. The number of fused-ring (bicyclic) bond motifs is 1. The number of aromatic nitrogens is 1. The molecule has 1 aliphatic rings. The van der Waals surface area contributed by atoms with Gasteiger partial charge in [0, 0.05) is 49.0 Å². The van der Waals surface area contributed by atoms with E-state index in [-0.39, 0.29) is 5.91 Å². The fourth-order valence-corrected chi connectivity index (χ4v) is 4.04. The third-order valence-corrected chi connectivity index (χ3v) is 5.33. The Morgan fingerprint density at radius 2 is 1.88 bits per heavy atom. The van der Waals surface area contributed by atoms with Gasteiger partial charge in [-0.3, -0.25) is 4.79 Å². The predicted octanol–water partition coefficient (Wildman–Crippen LogP) is 3.51. The van der Waals surface area contributed by atoms with Crippen LogP contribution in [0, 0.1) is 0 Å². The molecular formula is C22H25N3O. The van der Waals surface area contributed by atoms with Crippen molar-refractivity contribution in [2.24, 2.45) is 7.05 Å². The smallest absolute Gasteiger partial charge is 0.224 e. The maximum atomic E-state index is 12.5. The fraction of sp³-hybridized carbons (Fsp3) is 0.318. The first kappa shape index (κ1) is 16.7. The maximum Gasteiger partial charge on any atom is 0.224 e. The van der Waals surface area contributed by atoms with Gasteiger partial charge in [0.2, 0.25) is 5.91 Å². The Bertz CT molecular complexity index is 900. The van der Waals surface area contributed by atoms with Crippen molar-refractivity contribution in [3.05, 3.63) is 66.4 Å². The van der Waals surface area contributed by atoms with Crippen LogP contribution in [-0.2, 0) is 18.3 Å². The third-order valence-electron chi connectivity index (χ3n) is 5.33. The van der Waals surface area contributed by atoms with Gasteiger partial charge in [0.15, 0.2) is 0 Å². The summed E-state index contributed by atoms with van der Waals surface area (Å²) in [7, 11) is 2.03. The van der Waals surface area contributed by atoms with Crippen molar-refractivity contribution in [3.8, 4) is 0 Å². The number of amides is 1. The minimum Gasteiger partial charge on any atom is -0.367 e. The summed E-state index contributed by atoms with van der Waals surface area (Å²) in [5.41, 5.74) is 3.51. The van der Waals surface area contributed by atoms with Crippen molar-refractivity contribution in [3.63, 3.8) is 0 Å². The summed E-state index contributed by atoms with van der Waals surface area (Å²) >= 11 is 0. The van der Waals surface area contributed by atoms with Crippen LogP contribution in [0.4, 0.5) is 5.69 Å². The van der Waals surface area contributed by atoms with E-state index in [0.29, 0.717) is 19.0 Å². The van der Waals surface area contributed by atoms with Gasteiger partial charge in [0.1, 0.15) is 0 Å². The molecule has 1 aliphatic heterocycles. The number of hydrogen-bond acceptors (Lipinski definition) is 2. The molecule has 1 saturated heterocycles. The minimum atomic E-state index is 0.0984. The van der Waals surface area contributed by atoms with Gasteiger partial charge in [-0.1, -0.05) is 36.4 Å². The van der Waals surface area contributed by atoms with Gasteiger partial charge in [-0.2, -0.15) is 0 Å². The van der Waals surface area contributed by atoms with E-state index >= 15 is 0 Å². The number of rotatable bonds is 5. The summed E-state index contributed by atoms with van der Waals surface area (Å²) in [4.78, 5) is 14.9. The molecule has 1 atom stereocenters. The summed E-state index contributed by atoms with van der Waals surface area (Å²) in [6, 6.07) is 19.1. The zero-order valence-corrected chi connectivity index (χ0v) is 15.2. The lowest BCUT2D eigenvalue weighted by Crippen LogP contribution is -2.40. The number of hydrogen-bond donors (Lipinski definition) is 1. The predicted molar refractivity (Wildman–Crippen MR) is 106 cm³/mol. The molecular weight excluding hydrogens is 322 g/mol. The van der Waals surface area contributed by atoms with E-state index in [1.807, 2.05) is 25.2 Å². The molecule has 4 nitrogen and oxygen atoms in total. The van der Waals surface area contributed by atoms with Crippen molar-refractivity contribution in [1.29, 1.82) is 0 Å². The van der Waals surface area contributed by atoms with Crippen molar-refractivity contribution >= 4 is 22.5 Å². The van der Waals surface area contributed by atoms with Crippen LogP contribution in [0.1, 0.15) is 18.4 Å². The number of carbonyl (C=O) groups excluding carboxylic acids is 1. The number of nitrogens with one attached hydrogen (secondary N) is 1. The monoisotopic (exact) mass is 347 g/mol. The number of aryl methyl sites for hydroxylation is 1. The number of benzene rings is 2. The second-order valence-corrected chi connectivity index (χ2v) is 7.09. The van der Waals surface area contributed by atoms with Gasteiger partial charge in [-0.25, -0.2) is 0 Å². The standard InChI is InChI=1S/C22H25N3O/c1-24-16-17(20-11-5-6-12-21(20)24)14-22(26)23-15-19-10-7-13-25(19)18-8-3-2-4-9-18/h2-6,8-9,11-12,16,19H,7,10,13-15H2,1H3,(H,23,26)/t19-/m0/s1. The maximum absolute atomic E-state index is 12.5. The van der Waals surface area contributed by atoms with E-state index in [9.17, 15) is 4.79 Å². The van der Waals surface area contributed by atoms with E-state index in [0.717, 1.165) is 23.9 Å². The molecule has 0 saturated carbocycles. The Morgan fingerprint density at radius 1 is 1.12 bits per heavy atom. The van der Waals surface area contributed by atoms with Crippen LogP contribution in [0.3, 0.4) is 0 Å². The van der Waals surface area contributed by atoms with Crippen LogP contribution in [0.15, 0.2) is 60.8 Å². The second-order valence-electron chi connectivity index (χ2n) is 7.09. The molecule has 1 N–H and O–H groups in total. The third kappa shape index (κ3) is 3.32. The Morgan fingerprint density at radius 3 is 2.73 bits per heavy atom. The quantitative estimate of drug-likeness (QED) is 0.767. The van der Waals surface area contributed by atoms with Gasteiger partial charge < -0.3 is 14.8 Å². The first-order chi connectivity index (χ1) is 12.7. The van der Waals surface area contributed by atoms with Crippen LogP contribution in [0.5, 0.6) is 0 Å². The average molecular weight is 347 g/mol. The number of carbonyl (C=O) groups is 1. The van der Waals surface area contributed by atoms with Crippen molar-refractivity contribution in [2.45, 2.75) is 25.3 Å². The molecule has 2 heterocycles. The molecule has 0 radical (unpaired) electrons. The topological polar surface area (TPSA) is 37.3 Å². The Labute approximate surface area is 154 Å². The normalized spacial score (nSPS) is 17.0. The number of nitrogens with zero attached hydrogens (tertiary/aromatic N) is 2. The van der Waals surface area contributed by atoms with E-state index < -0.39 is 0 Å². The van der Waals surface area contributed by atoms with Crippen molar-refractivity contribution in [1.82, 2.24) is 9.88 Å². The highest BCUT2D eigenvalue weighted by atomic mass is 16.1. The molecule has 4 heteroatoms. The highest BCUT2D eigenvalue weighted by molar-refractivity contribution is 5.89. The van der Waals surface area contributed by atoms with Crippen LogP contribution in [0.2, 0.25) is 0 Å². The van der Waals surface area contributed by atoms with Crippen LogP contribution in [0.25, 0.3) is 10.9 Å². The van der Waals surface area contributed by atoms with Crippen molar-refractivity contribution < 1.29 is 4.79 Å². The van der Waals surface area contributed by atoms with Crippen molar-refractivity contribution in [2.75, 3.05) is 18.0 Å². The van der Waals surface area contributed by atoms with E-state index in [4.69, 9.17) is 0 Å². The molecule has 0 unspecified atom stereocenters. The van der Waals surface area contributed by atoms with Gasteiger partial charge in [0.25, 0.3) is 0 Å². The highest BCUT2D eigenvalue weighted by Crippen LogP contribution is 2.25. The lowest BCUT2D eigenvalue weighted by Gasteiger charge is -2.27. The zero-order chi connectivity index (χ0) is 17.9. The summed E-state index contributed by atoms with van der Waals surface area (Å²) in [5.74, 6) is 0.0984. The van der Waals surface area contributed by atoms with Gasteiger partial charge in [-0.05, 0) is 36.6 Å². The molecule has 134 valence electrons. The molecule has 3 aromatic rings. The summed E-state index contributed by atoms with van der Waals surface area (Å²) in [6.07, 6.45) is 4.80. The van der Waals surface area contributed by atoms with Gasteiger partial charge >= 0.3 is 0 Å². The fourth-order valence-electron chi connectivity index (χ4n) is 4.04. The largest absolute Gasteiger partial charge is 0.367 e. The summed E-state index contributed by atoms with van der Waals surface area (Å²) in [5, 5.41) is 4.32.